The Morgan fingerprint density at radius 1 is 1.07 bits per heavy atom. The number of aromatic amines is 1. The maximum atomic E-state index is 12.8. The summed E-state index contributed by atoms with van der Waals surface area (Å²) in [6.45, 7) is 0. The molecule has 1 aromatic carbocycles. The van der Waals surface area contributed by atoms with Crippen molar-refractivity contribution in [2.45, 2.75) is 0 Å². The molecular formula is C17H8Cl4N6O2. The molecule has 2 N–H and O–H groups in total. The summed E-state index contributed by atoms with van der Waals surface area (Å²) in [7, 11) is 0. The van der Waals surface area contributed by atoms with Crippen LogP contribution in [0.1, 0.15) is 10.5 Å². The zero-order chi connectivity index (χ0) is 20.7. The van der Waals surface area contributed by atoms with Crippen LogP contribution in [0.5, 0.6) is 0 Å². The number of hydrogen-bond donors (Lipinski definition) is 2. The van der Waals surface area contributed by atoms with Gasteiger partial charge in [-0.15, -0.1) is 0 Å². The van der Waals surface area contributed by atoms with Crippen molar-refractivity contribution in [1.82, 2.24) is 24.7 Å². The summed E-state index contributed by atoms with van der Waals surface area (Å²) >= 11 is 23.9. The van der Waals surface area contributed by atoms with Crippen LogP contribution in [0, 0.1) is 0 Å². The van der Waals surface area contributed by atoms with Crippen molar-refractivity contribution in [1.29, 1.82) is 0 Å². The second kappa shape index (κ2) is 7.64. The number of rotatable bonds is 3. The predicted octanol–water partition coefficient (Wildman–Crippen LogP) is 4.37. The topological polar surface area (TPSA) is 106 Å². The molecule has 0 aliphatic rings. The largest absolute Gasteiger partial charge is 0.319 e. The van der Waals surface area contributed by atoms with E-state index in [2.05, 4.69) is 25.4 Å². The molecule has 0 spiro atoms. The molecule has 0 radical (unpaired) electrons. The van der Waals surface area contributed by atoms with Crippen molar-refractivity contribution in [3.8, 4) is 5.69 Å². The molecule has 3 heterocycles. The fraction of sp³-hybridized carbons (Fsp3) is 0. The van der Waals surface area contributed by atoms with Gasteiger partial charge in [0.2, 0.25) is 0 Å². The van der Waals surface area contributed by atoms with Crippen LogP contribution in [0.2, 0.25) is 20.2 Å². The van der Waals surface area contributed by atoms with Crippen LogP contribution in [-0.4, -0.2) is 30.6 Å². The molecule has 12 heteroatoms. The lowest BCUT2D eigenvalue weighted by Crippen LogP contribution is -2.17. The summed E-state index contributed by atoms with van der Waals surface area (Å²) in [4.78, 5) is 35.2. The van der Waals surface area contributed by atoms with E-state index in [1.54, 1.807) is 24.3 Å². The molecule has 29 heavy (non-hydrogen) atoms. The second-order valence-corrected chi connectivity index (χ2v) is 7.18. The first-order chi connectivity index (χ1) is 13.9. The van der Waals surface area contributed by atoms with Gasteiger partial charge in [0.25, 0.3) is 11.5 Å². The summed E-state index contributed by atoms with van der Waals surface area (Å²) in [5, 5.41) is 6.79. The first-order valence-electron chi connectivity index (χ1n) is 7.90. The first-order valence-corrected chi connectivity index (χ1v) is 9.42. The van der Waals surface area contributed by atoms with E-state index in [1.165, 1.54) is 17.2 Å². The third-order valence-electron chi connectivity index (χ3n) is 3.95. The fourth-order valence-electron chi connectivity index (χ4n) is 2.62. The Labute approximate surface area is 182 Å². The number of amides is 1. The van der Waals surface area contributed by atoms with Gasteiger partial charge in [0.1, 0.15) is 16.2 Å². The zero-order valence-electron chi connectivity index (χ0n) is 14.1. The Kier molecular flexibility index (Phi) is 5.18. The number of carbonyl (C=O) groups is 1. The zero-order valence-corrected chi connectivity index (χ0v) is 17.1. The van der Waals surface area contributed by atoms with Gasteiger partial charge in [-0.3, -0.25) is 9.59 Å². The van der Waals surface area contributed by atoms with Crippen molar-refractivity contribution in [3.63, 3.8) is 0 Å². The molecule has 146 valence electrons. The highest BCUT2D eigenvalue weighted by Crippen LogP contribution is 2.36. The van der Waals surface area contributed by atoms with Gasteiger partial charge in [-0.2, -0.15) is 5.10 Å². The maximum Gasteiger partial charge on any atom is 0.275 e. The van der Waals surface area contributed by atoms with E-state index in [9.17, 15) is 9.59 Å². The molecule has 0 saturated heterocycles. The maximum absolute atomic E-state index is 12.8. The van der Waals surface area contributed by atoms with Gasteiger partial charge in [0.05, 0.1) is 39.0 Å². The van der Waals surface area contributed by atoms with Crippen molar-refractivity contribution in [3.05, 3.63) is 73.1 Å². The van der Waals surface area contributed by atoms with Crippen LogP contribution in [0.4, 0.5) is 5.69 Å². The van der Waals surface area contributed by atoms with E-state index in [-0.39, 0.29) is 31.5 Å². The van der Waals surface area contributed by atoms with Crippen LogP contribution >= 0.6 is 46.4 Å². The van der Waals surface area contributed by atoms with E-state index >= 15 is 0 Å². The molecule has 0 aliphatic carbocycles. The fourth-order valence-corrected chi connectivity index (χ4v) is 3.43. The van der Waals surface area contributed by atoms with Crippen LogP contribution in [0.25, 0.3) is 16.7 Å². The number of nitrogens with one attached hydrogen (secondary N) is 2. The smallest absolute Gasteiger partial charge is 0.275 e. The Morgan fingerprint density at radius 3 is 2.62 bits per heavy atom. The molecule has 0 atom stereocenters. The SMILES string of the molecule is O=C(Nc1ccccc1-n1ncc2c(=O)[nH]cnc21)c1nc(Cl)c(Cl)c(Cl)c1Cl. The quantitative estimate of drug-likeness (QED) is 0.433. The highest BCUT2D eigenvalue weighted by molar-refractivity contribution is 6.52. The molecule has 0 bridgehead atoms. The Balaban J connectivity index is 1.78. The molecule has 1 amide bonds. The average Bonchev–Trinajstić information content (AvgIpc) is 3.15. The normalized spacial score (nSPS) is 11.0. The third-order valence-corrected chi connectivity index (χ3v) is 5.63. The van der Waals surface area contributed by atoms with Gasteiger partial charge in [-0.1, -0.05) is 58.5 Å². The van der Waals surface area contributed by atoms with Gasteiger partial charge in [0, 0.05) is 0 Å². The van der Waals surface area contributed by atoms with Crippen molar-refractivity contribution < 1.29 is 4.79 Å². The number of fused-ring (bicyclic) bond motifs is 1. The number of nitrogens with zero attached hydrogens (tertiary/aromatic N) is 4. The van der Waals surface area contributed by atoms with E-state index < -0.39 is 5.91 Å². The first kappa shape index (κ1) is 19.7. The average molecular weight is 470 g/mol. The van der Waals surface area contributed by atoms with E-state index in [4.69, 9.17) is 46.4 Å². The number of halogens is 4. The highest BCUT2D eigenvalue weighted by atomic mass is 35.5. The minimum absolute atomic E-state index is 0.0467. The molecule has 0 unspecified atom stereocenters. The lowest BCUT2D eigenvalue weighted by Gasteiger charge is -2.12. The molecule has 8 nitrogen and oxygen atoms in total. The molecule has 0 fully saturated rings. The molecule has 4 aromatic rings. The van der Waals surface area contributed by atoms with Crippen LogP contribution in [0.15, 0.2) is 41.6 Å². The van der Waals surface area contributed by atoms with E-state index in [0.717, 1.165) is 0 Å². The minimum atomic E-state index is -0.662. The predicted molar refractivity (Wildman–Crippen MR) is 112 cm³/mol. The van der Waals surface area contributed by atoms with Crippen molar-refractivity contribution in [2.75, 3.05) is 5.32 Å². The van der Waals surface area contributed by atoms with Gasteiger partial charge in [0.15, 0.2) is 5.65 Å². The van der Waals surface area contributed by atoms with Crippen LogP contribution in [0.3, 0.4) is 0 Å². The Hall–Kier alpha value is -2.65. The number of anilines is 1. The number of para-hydroxylation sites is 2. The van der Waals surface area contributed by atoms with Gasteiger partial charge >= 0.3 is 0 Å². The lowest BCUT2D eigenvalue weighted by molar-refractivity contribution is 0.102. The van der Waals surface area contributed by atoms with Gasteiger partial charge in [-0.25, -0.2) is 14.6 Å². The summed E-state index contributed by atoms with van der Waals surface area (Å²) in [6, 6.07) is 6.79. The standard InChI is InChI=1S/C17H8Cl4N6O2/c18-10-11(19)13(26-14(21)12(10)20)17(29)25-8-3-1-2-4-9(8)27-15-7(5-24-27)16(28)23-6-22-15/h1-6H,(H,25,29)(H,22,23,28). The number of aromatic nitrogens is 5. The molecular weight excluding hydrogens is 462 g/mol. The Morgan fingerprint density at radius 2 is 1.83 bits per heavy atom. The molecule has 4 rings (SSSR count). The second-order valence-electron chi connectivity index (χ2n) is 5.69. The number of pyridine rings is 1. The van der Waals surface area contributed by atoms with E-state index in [1.807, 2.05) is 0 Å². The minimum Gasteiger partial charge on any atom is -0.319 e. The summed E-state index contributed by atoms with van der Waals surface area (Å²) in [6.07, 6.45) is 2.66. The number of H-pyrrole nitrogens is 1. The van der Waals surface area contributed by atoms with Crippen LogP contribution < -0.4 is 10.9 Å². The van der Waals surface area contributed by atoms with Crippen molar-refractivity contribution in [2.24, 2.45) is 0 Å². The molecule has 0 aliphatic heterocycles. The van der Waals surface area contributed by atoms with E-state index in [0.29, 0.717) is 22.4 Å². The number of benzene rings is 1. The Bertz CT molecular complexity index is 1330. The third kappa shape index (κ3) is 3.44. The summed E-state index contributed by atoms with van der Waals surface area (Å²) < 4.78 is 1.43. The van der Waals surface area contributed by atoms with Crippen LogP contribution in [-0.2, 0) is 0 Å². The van der Waals surface area contributed by atoms with Gasteiger partial charge in [-0.05, 0) is 12.1 Å². The van der Waals surface area contributed by atoms with Crippen molar-refractivity contribution >= 4 is 69.0 Å². The lowest BCUT2D eigenvalue weighted by atomic mass is 10.2. The molecule has 3 aromatic heterocycles. The highest BCUT2D eigenvalue weighted by Gasteiger charge is 2.22. The van der Waals surface area contributed by atoms with Gasteiger partial charge < -0.3 is 10.3 Å². The molecule has 0 saturated carbocycles. The summed E-state index contributed by atoms with van der Waals surface area (Å²) in [5.74, 6) is -0.662. The summed E-state index contributed by atoms with van der Waals surface area (Å²) in [5.41, 5.74) is 0.634. The number of carbonyl (C=O) groups excluding carboxylic acids is 1. The monoisotopic (exact) mass is 468 g/mol. The number of hydrogen-bond acceptors (Lipinski definition) is 5.